The van der Waals surface area contributed by atoms with Gasteiger partial charge in [0.05, 0.1) is 0 Å². The van der Waals surface area contributed by atoms with E-state index in [1.54, 1.807) is 0 Å². The van der Waals surface area contributed by atoms with Crippen LogP contribution in [0.15, 0.2) is 12.7 Å². The van der Waals surface area contributed by atoms with Crippen LogP contribution in [0.3, 0.4) is 0 Å². The van der Waals surface area contributed by atoms with Crippen LogP contribution in [0.25, 0.3) is 0 Å². The van der Waals surface area contributed by atoms with Crippen molar-refractivity contribution in [3.05, 3.63) is 19.6 Å². The molecule has 0 atom stereocenters. The van der Waals surface area contributed by atoms with Gasteiger partial charge in [0.25, 0.3) is 0 Å². The number of rotatable bonds is 2. The molecule has 0 saturated heterocycles. The Balaban J connectivity index is 2.61. The van der Waals surface area contributed by atoms with Crippen LogP contribution in [-0.2, 0) is 0 Å². The highest BCUT2D eigenvalue weighted by atomic mass is 15.1. The van der Waals surface area contributed by atoms with Crippen molar-refractivity contribution in [1.82, 2.24) is 15.0 Å². The molecular formula is C5H7N4. The quantitative estimate of drug-likeness (QED) is 0.606. The molecule has 0 aliphatic heterocycles. The van der Waals surface area contributed by atoms with E-state index in [-0.39, 0.29) is 0 Å². The molecule has 0 aromatic carbocycles. The Hall–Kier alpha value is -1.19. The molecule has 0 amide bonds. The van der Waals surface area contributed by atoms with Gasteiger partial charge in [-0.05, 0) is 6.92 Å². The fourth-order valence-corrected chi connectivity index (χ4v) is 0.442. The van der Waals surface area contributed by atoms with Gasteiger partial charge in [0.1, 0.15) is 12.7 Å². The Morgan fingerprint density at radius 1 is 1.44 bits per heavy atom. The molecule has 1 aromatic rings. The van der Waals surface area contributed by atoms with Gasteiger partial charge in [-0.1, -0.05) is 0 Å². The predicted molar refractivity (Wildman–Crippen MR) is 33.7 cm³/mol. The Kier molecular flexibility index (Phi) is 1.95. The molecule has 0 fully saturated rings. The lowest BCUT2D eigenvalue weighted by Gasteiger charge is -1.95. The zero-order chi connectivity index (χ0) is 6.53. The molecule has 1 heterocycles. The number of hydrogen-bond acceptors (Lipinski definition) is 4. The molecule has 1 rings (SSSR count). The topological polar surface area (TPSA) is 50.7 Å². The summed E-state index contributed by atoms with van der Waals surface area (Å²) in [6.07, 6.45) is 2.87. The lowest BCUT2D eigenvalue weighted by Crippen LogP contribution is -2.01. The molecule has 4 nitrogen and oxygen atoms in total. The van der Waals surface area contributed by atoms with E-state index in [0.717, 1.165) is 0 Å². The lowest BCUT2D eigenvalue weighted by atomic mass is 10.7. The van der Waals surface area contributed by atoms with Crippen LogP contribution < -0.4 is 5.32 Å². The zero-order valence-corrected chi connectivity index (χ0v) is 4.91. The number of aromatic nitrogens is 3. The smallest absolute Gasteiger partial charge is 0.225 e. The fraction of sp³-hybridized carbons (Fsp3) is 0.200. The largest absolute Gasteiger partial charge is 0.354 e. The van der Waals surface area contributed by atoms with Crippen LogP contribution in [0.2, 0.25) is 0 Å². The highest BCUT2D eigenvalue weighted by Gasteiger charge is 1.85. The normalized spacial score (nSPS) is 9.00. The van der Waals surface area contributed by atoms with Crippen LogP contribution in [0.4, 0.5) is 5.95 Å². The van der Waals surface area contributed by atoms with Crippen LogP contribution in [0.5, 0.6) is 0 Å². The monoisotopic (exact) mass is 123 g/mol. The van der Waals surface area contributed by atoms with Crippen LogP contribution in [-0.4, -0.2) is 21.5 Å². The molecule has 9 heavy (non-hydrogen) atoms. The standard InChI is InChI=1S/C5H7N4/c1-2-7-5-8-3-6-4-9-5/h3-4H,1-2H2,(H,6,7,8,9). The van der Waals surface area contributed by atoms with Crippen molar-refractivity contribution >= 4 is 5.95 Å². The number of nitrogens with zero attached hydrogens (tertiary/aromatic N) is 3. The van der Waals surface area contributed by atoms with E-state index in [2.05, 4.69) is 27.2 Å². The molecule has 0 spiro atoms. The molecule has 1 radical (unpaired) electrons. The maximum absolute atomic E-state index is 3.80. The second-order valence-electron chi connectivity index (χ2n) is 1.39. The second kappa shape index (κ2) is 2.96. The highest BCUT2D eigenvalue weighted by molar-refractivity contribution is 5.20. The van der Waals surface area contributed by atoms with Crippen LogP contribution >= 0.6 is 0 Å². The van der Waals surface area contributed by atoms with Crippen molar-refractivity contribution < 1.29 is 0 Å². The van der Waals surface area contributed by atoms with E-state index < -0.39 is 0 Å². The molecule has 0 aliphatic carbocycles. The summed E-state index contributed by atoms with van der Waals surface area (Å²) in [7, 11) is 0. The van der Waals surface area contributed by atoms with Crippen LogP contribution in [0, 0.1) is 6.92 Å². The minimum atomic E-state index is 0.569. The summed E-state index contributed by atoms with van der Waals surface area (Å²) >= 11 is 0. The molecule has 1 aromatic heterocycles. The maximum Gasteiger partial charge on any atom is 0.225 e. The van der Waals surface area contributed by atoms with Crippen molar-refractivity contribution in [1.29, 1.82) is 0 Å². The first kappa shape index (κ1) is 5.94. The summed E-state index contributed by atoms with van der Waals surface area (Å²) in [4.78, 5) is 11.2. The Morgan fingerprint density at radius 3 is 2.67 bits per heavy atom. The second-order valence-corrected chi connectivity index (χ2v) is 1.39. The number of nitrogens with one attached hydrogen (secondary N) is 1. The predicted octanol–water partition coefficient (Wildman–Crippen LogP) is 0.118. The Bertz CT molecular complexity index is 162. The first-order valence-corrected chi connectivity index (χ1v) is 2.58. The van der Waals surface area contributed by atoms with Gasteiger partial charge in [-0.3, -0.25) is 0 Å². The SMILES string of the molecule is [CH2]CNc1ncncn1. The van der Waals surface area contributed by atoms with Gasteiger partial charge in [0, 0.05) is 6.54 Å². The summed E-state index contributed by atoms with van der Waals surface area (Å²) < 4.78 is 0. The lowest BCUT2D eigenvalue weighted by molar-refractivity contribution is 1.03. The molecule has 0 aliphatic rings. The summed E-state index contributed by atoms with van der Waals surface area (Å²) in [6.45, 7) is 4.16. The van der Waals surface area contributed by atoms with Gasteiger partial charge in [-0.2, -0.15) is 0 Å². The average Bonchev–Trinajstić information content (AvgIpc) is 1.91. The van der Waals surface area contributed by atoms with Gasteiger partial charge in [0.15, 0.2) is 0 Å². The van der Waals surface area contributed by atoms with Crippen molar-refractivity contribution in [3.63, 3.8) is 0 Å². The van der Waals surface area contributed by atoms with E-state index in [4.69, 9.17) is 0 Å². The minimum Gasteiger partial charge on any atom is -0.354 e. The van der Waals surface area contributed by atoms with Crippen molar-refractivity contribution in [2.24, 2.45) is 0 Å². The van der Waals surface area contributed by atoms with Gasteiger partial charge in [-0.25, -0.2) is 15.0 Å². The minimum absolute atomic E-state index is 0.569. The van der Waals surface area contributed by atoms with E-state index in [9.17, 15) is 0 Å². The van der Waals surface area contributed by atoms with E-state index in [1.807, 2.05) is 0 Å². The van der Waals surface area contributed by atoms with Gasteiger partial charge in [0.2, 0.25) is 5.95 Å². The summed E-state index contributed by atoms with van der Waals surface area (Å²) in [5, 5.41) is 2.83. The molecule has 0 unspecified atom stereocenters. The first-order valence-electron chi connectivity index (χ1n) is 2.58. The van der Waals surface area contributed by atoms with E-state index >= 15 is 0 Å². The van der Waals surface area contributed by atoms with E-state index in [0.29, 0.717) is 12.5 Å². The highest BCUT2D eigenvalue weighted by Crippen LogP contribution is 1.88. The Labute approximate surface area is 53.4 Å². The van der Waals surface area contributed by atoms with Crippen molar-refractivity contribution in [2.45, 2.75) is 0 Å². The average molecular weight is 123 g/mol. The third-order valence-corrected chi connectivity index (χ3v) is 0.776. The van der Waals surface area contributed by atoms with Crippen LogP contribution in [0.1, 0.15) is 0 Å². The van der Waals surface area contributed by atoms with Gasteiger partial charge >= 0.3 is 0 Å². The summed E-state index contributed by atoms with van der Waals surface area (Å²) in [5.74, 6) is 0.569. The molecule has 0 bridgehead atoms. The van der Waals surface area contributed by atoms with Gasteiger partial charge in [-0.15, -0.1) is 0 Å². The summed E-state index contributed by atoms with van der Waals surface area (Å²) in [6, 6.07) is 0. The number of hydrogen-bond donors (Lipinski definition) is 1. The van der Waals surface area contributed by atoms with Crippen molar-refractivity contribution in [2.75, 3.05) is 11.9 Å². The molecule has 47 valence electrons. The molecular weight excluding hydrogens is 116 g/mol. The molecule has 1 N–H and O–H groups in total. The molecule has 0 saturated carbocycles. The van der Waals surface area contributed by atoms with Crippen molar-refractivity contribution in [3.8, 4) is 0 Å². The Morgan fingerprint density at radius 2 is 2.11 bits per heavy atom. The van der Waals surface area contributed by atoms with Gasteiger partial charge < -0.3 is 5.32 Å². The third kappa shape index (κ3) is 1.64. The number of anilines is 1. The third-order valence-electron chi connectivity index (χ3n) is 0.776. The maximum atomic E-state index is 3.80. The fourth-order valence-electron chi connectivity index (χ4n) is 0.442. The van der Waals surface area contributed by atoms with E-state index in [1.165, 1.54) is 12.7 Å². The zero-order valence-electron chi connectivity index (χ0n) is 4.91. The molecule has 4 heteroatoms. The summed E-state index contributed by atoms with van der Waals surface area (Å²) in [5.41, 5.74) is 0. The first-order chi connectivity index (χ1) is 4.43.